The van der Waals surface area contributed by atoms with Gasteiger partial charge in [-0.3, -0.25) is 0 Å². The summed E-state index contributed by atoms with van der Waals surface area (Å²) in [5.41, 5.74) is 3.99. The number of hydrogen-bond acceptors (Lipinski definition) is 2. The second kappa shape index (κ2) is 4.20. The third-order valence-electron chi connectivity index (χ3n) is 3.72. The van der Waals surface area contributed by atoms with Crippen LogP contribution in [0.25, 0.3) is 33.3 Å². The van der Waals surface area contributed by atoms with Crippen LogP contribution in [-0.2, 0) is 0 Å². The maximum Gasteiger partial charge on any atom is 0.227 e. The summed E-state index contributed by atoms with van der Waals surface area (Å²) >= 11 is 0. The van der Waals surface area contributed by atoms with Crippen molar-refractivity contribution in [1.29, 1.82) is 0 Å². The second-order valence-electron chi connectivity index (χ2n) is 4.95. The molecule has 96 valence electrons. The Labute approximate surface area is 116 Å². The minimum absolute atomic E-state index is 0.689. The number of oxazole rings is 1. The smallest absolute Gasteiger partial charge is 0.227 e. The summed E-state index contributed by atoms with van der Waals surface area (Å²) in [5, 5.41) is 2.48. The first-order chi connectivity index (χ1) is 9.83. The molecule has 3 aromatic carbocycles. The summed E-state index contributed by atoms with van der Waals surface area (Å²) in [4.78, 5) is 4.58. The van der Waals surface area contributed by atoms with E-state index in [2.05, 4.69) is 48.3 Å². The SMILES string of the molecule is Cc1c(-c2nc3ccccc3o2)ccc2ccccc12. The van der Waals surface area contributed by atoms with Gasteiger partial charge in [0.25, 0.3) is 0 Å². The van der Waals surface area contributed by atoms with Gasteiger partial charge in [-0.2, -0.15) is 0 Å². The summed E-state index contributed by atoms with van der Waals surface area (Å²) in [7, 11) is 0. The Balaban J connectivity index is 1.99. The lowest BCUT2D eigenvalue weighted by Crippen LogP contribution is -1.85. The standard InChI is InChI=1S/C18H13NO/c1-12-14-7-3-2-6-13(14)10-11-15(12)18-19-16-8-4-5-9-17(16)20-18/h2-11H,1H3. The van der Waals surface area contributed by atoms with Crippen molar-refractivity contribution in [2.75, 3.05) is 0 Å². The van der Waals surface area contributed by atoms with Crippen LogP contribution < -0.4 is 0 Å². The molecular weight excluding hydrogens is 246 g/mol. The van der Waals surface area contributed by atoms with Crippen LogP contribution in [0.5, 0.6) is 0 Å². The van der Waals surface area contributed by atoms with E-state index < -0.39 is 0 Å². The van der Waals surface area contributed by atoms with Gasteiger partial charge in [0.2, 0.25) is 5.89 Å². The fourth-order valence-corrected chi connectivity index (χ4v) is 2.65. The van der Waals surface area contributed by atoms with Crippen LogP contribution in [0.15, 0.2) is 65.1 Å². The predicted molar refractivity (Wildman–Crippen MR) is 81.7 cm³/mol. The molecule has 0 saturated heterocycles. The van der Waals surface area contributed by atoms with Gasteiger partial charge in [0.15, 0.2) is 5.58 Å². The average molecular weight is 259 g/mol. The first kappa shape index (κ1) is 11.2. The molecule has 0 aliphatic rings. The van der Waals surface area contributed by atoms with Gasteiger partial charge in [-0.1, -0.05) is 42.5 Å². The van der Waals surface area contributed by atoms with Gasteiger partial charge in [-0.25, -0.2) is 4.98 Å². The Morgan fingerprint density at radius 1 is 0.850 bits per heavy atom. The molecule has 0 amide bonds. The highest BCUT2D eigenvalue weighted by atomic mass is 16.3. The summed E-state index contributed by atoms with van der Waals surface area (Å²) in [6.45, 7) is 2.12. The van der Waals surface area contributed by atoms with Crippen molar-refractivity contribution < 1.29 is 4.42 Å². The zero-order valence-corrected chi connectivity index (χ0v) is 11.1. The Morgan fingerprint density at radius 2 is 1.65 bits per heavy atom. The van der Waals surface area contributed by atoms with Gasteiger partial charge in [-0.15, -0.1) is 0 Å². The van der Waals surface area contributed by atoms with Crippen LogP contribution >= 0.6 is 0 Å². The molecule has 0 fully saturated rings. The van der Waals surface area contributed by atoms with E-state index in [4.69, 9.17) is 4.42 Å². The molecule has 2 nitrogen and oxygen atoms in total. The molecule has 0 spiro atoms. The maximum absolute atomic E-state index is 5.87. The number of aromatic nitrogens is 1. The average Bonchev–Trinajstić information content (AvgIpc) is 2.91. The van der Waals surface area contributed by atoms with Gasteiger partial charge in [0.05, 0.1) is 0 Å². The third kappa shape index (κ3) is 1.62. The van der Waals surface area contributed by atoms with Gasteiger partial charge in [0, 0.05) is 5.56 Å². The molecule has 2 heteroatoms. The van der Waals surface area contributed by atoms with Crippen LogP contribution in [0.3, 0.4) is 0 Å². The molecule has 0 N–H and O–H groups in total. The topological polar surface area (TPSA) is 26.0 Å². The Kier molecular flexibility index (Phi) is 2.36. The van der Waals surface area contributed by atoms with E-state index >= 15 is 0 Å². The highest BCUT2D eigenvalue weighted by molar-refractivity contribution is 5.91. The normalized spacial score (nSPS) is 11.2. The highest BCUT2D eigenvalue weighted by Crippen LogP contribution is 2.31. The van der Waals surface area contributed by atoms with E-state index in [0.29, 0.717) is 5.89 Å². The number of rotatable bonds is 1. The van der Waals surface area contributed by atoms with Crippen LogP contribution in [-0.4, -0.2) is 4.98 Å². The van der Waals surface area contributed by atoms with Crippen molar-refractivity contribution in [3.63, 3.8) is 0 Å². The number of fused-ring (bicyclic) bond motifs is 2. The monoisotopic (exact) mass is 259 g/mol. The van der Waals surface area contributed by atoms with Gasteiger partial charge < -0.3 is 4.42 Å². The number of hydrogen-bond donors (Lipinski definition) is 0. The third-order valence-corrected chi connectivity index (χ3v) is 3.72. The molecule has 1 aromatic heterocycles. The summed E-state index contributed by atoms with van der Waals surface area (Å²) in [6, 6.07) is 20.4. The highest BCUT2D eigenvalue weighted by Gasteiger charge is 2.11. The summed E-state index contributed by atoms with van der Waals surface area (Å²) < 4.78 is 5.87. The number of benzene rings is 3. The fourth-order valence-electron chi connectivity index (χ4n) is 2.65. The van der Waals surface area contributed by atoms with E-state index in [9.17, 15) is 0 Å². The van der Waals surface area contributed by atoms with Crippen molar-refractivity contribution in [2.24, 2.45) is 0 Å². The minimum atomic E-state index is 0.689. The quantitative estimate of drug-likeness (QED) is 0.483. The Hall–Kier alpha value is -2.61. The first-order valence-corrected chi connectivity index (χ1v) is 6.67. The van der Waals surface area contributed by atoms with Crippen LogP contribution in [0, 0.1) is 6.92 Å². The minimum Gasteiger partial charge on any atom is -0.436 e. The fraction of sp³-hybridized carbons (Fsp3) is 0.0556. The molecule has 0 saturated carbocycles. The zero-order chi connectivity index (χ0) is 13.5. The largest absolute Gasteiger partial charge is 0.436 e. The molecule has 0 bridgehead atoms. The van der Waals surface area contributed by atoms with E-state index in [1.165, 1.54) is 16.3 Å². The van der Waals surface area contributed by atoms with Crippen molar-refractivity contribution >= 4 is 21.9 Å². The van der Waals surface area contributed by atoms with E-state index in [-0.39, 0.29) is 0 Å². The molecule has 0 aliphatic heterocycles. The van der Waals surface area contributed by atoms with E-state index in [1.54, 1.807) is 0 Å². The molecule has 20 heavy (non-hydrogen) atoms. The van der Waals surface area contributed by atoms with E-state index in [1.807, 2.05) is 24.3 Å². The zero-order valence-electron chi connectivity index (χ0n) is 11.1. The lowest BCUT2D eigenvalue weighted by molar-refractivity contribution is 0.619. The summed E-state index contributed by atoms with van der Waals surface area (Å²) in [5.74, 6) is 0.689. The number of nitrogens with zero attached hydrogens (tertiary/aromatic N) is 1. The molecule has 0 aliphatic carbocycles. The lowest BCUT2D eigenvalue weighted by atomic mass is 10.0. The molecule has 4 rings (SSSR count). The molecular formula is C18H13NO. The van der Waals surface area contributed by atoms with Crippen LogP contribution in [0.2, 0.25) is 0 Å². The molecule has 0 unspecified atom stereocenters. The molecule has 0 radical (unpaired) electrons. The molecule has 1 heterocycles. The van der Waals surface area contributed by atoms with Crippen LogP contribution in [0.1, 0.15) is 5.56 Å². The maximum atomic E-state index is 5.87. The van der Waals surface area contributed by atoms with Crippen molar-refractivity contribution in [2.45, 2.75) is 6.92 Å². The van der Waals surface area contributed by atoms with Crippen molar-refractivity contribution in [3.8, 4) is 11.5 Å². The van der Waals surface area contributed by atoms with Crippen molar-refractivity contribution in [1.82, 2.24) is 4.98 Å². The Bertz CT molecular complexity index is 888. The van der Waals surface area contributed by atoms with E-state index in [0.717, 1.165) is 16.7 Å². The van der Waals surface area contributed by atoms with Gasteiger partial charge in [-0.05, 0) is 41.5 Å². The number of para-hydroxylation sites is 2. The summed E-state index contributed by atoms with van der Waals surface area (Å²) in [6.07, 6.45) is 0. The van der Waals surface area contributed by atoms with Crippen molar-refractivity contribution in [3.05, 3.63) is 66.2 Å². The van der Waals surface area contributed by atoms with Gasteiger partial charge in [0.1, 0.15) is 5.52 Å². The van der Waals surface area contributed by atoms with Crippen LogP contribution in [0.4, 0.5) is 0 Å². The molecule has 0 atom stereocenters. The first-order valence-electron chi connectivity index (χ1n) is 6.67. The number of aryl methyl sites for hydroxylation is 1. The second-order valence-corrected chi connectivity index (χ2v) is 4.95. The lowest BCUT2D eigenvalue weighted by Gasteiger charge is -2.06. The molecule has 4 aromatic rings. The Morgan fingerprint density at radius 3 is 2.55 bits per heavy atom. The van der Waals surface area contributed by atoms with Gasteiger partial charge >= 0.3 is 0 Å². The predicted octanol–water partition coefficient (Wildman–Crippen LogP) is 4.96.